The monoisotopic (exact) mass is 471 g/mol. The first kappa shape index (κ1) is 22.6. The van der Waals surface area contributed by atoms with Crippen molar-refractivity contribution in [2.75, 3.05) is 6.54 Å². The number of hydrogen-bond acceptors (Lipinski definition) is 5. The van der Waals surface area contributed by atoms with Crippen LogP contribution in [-0.4, -0.2) is 32.4 Å². The summed E-state index contributed by atoms with van der Waals surface area (Å²) >= 11 is 6.16. The summed E-state index contributed by atoms with van der Waals surface area (Å²) in [7, 11) is 1.80. The van der Waals surface area contributed by atoms with Crippen LogP contribution in [0.3, 0.4) is 0 Å². The summed E-state index contributed by atoms with van der Waals surface area (Å²) in [5.41, 5.74) is 1.62. The summed E-state index contributed by atoms with van der Waals surface area (Å²) in [5, 5.41) is 11.2. The second-order valence-electron chi connectivity index (χ2n) is 7.92. The second kappa shape index (κ2) is 8.74. The van der Waals surface area contributed by atoms with E-state index in [1.807, 2.05) is 26.1 Å². The number of nitrogens with zero attached hydrogens (tertiary/aromatic N) is 4. The molecule has 0 bridgehead atoms. The van der Waals surface area contributed by atoms with Crippen LogP contribution in [-0.2, 0) is 12.5 Å². The standard InChI is InChI=1S/C23H20ClF2N5O2/c1-13-4-7-20(24)29-21(13)23(2,14-10-28-31(3)11-14)12-27-22(32)18-9-19(33-30-18)16-6-5-15(25)8-17(16)26/h4-11H,12H2,1-3H3,(H,27,32). The molecular formula is C23H20ClF2N5O2. The minimum atomic E-state index is -0.815. The Labute approximate surface area is 193 Å². The first-order chi connectivity index (χ1) is 15.7. The van der Waals surface area contributed by atoms with E-state index in [-0.39, 0.29) is 23.6 Å². The van der Waals surface area contributed by atoms with Gasteiger partial charge in [-0.1, -0.05) is 22.8 Å². The molecule has 1 atom stereocenters. The summed E-state index contributed by atoms with van der Waals surface area (Å²) in [4.78, 5) is 17.4. The number of aromatic nitrogens is 4. The zero-order valence-electron chi connectivity index (χ0n) is 18.1. The molecular weight excluding hydrogens is 452 g/mol. The van der Waals surface area contributed by atoms with Gasteiger partial charge in [0.25, 0.3) is 5.91 Å². The lowest BCUT2D eigenvalue weighted by Crippen LogP contribution is -2.40. The quantitative estimate of drug-likeness (QED) is 0.420. The number of pyridine rings is 1. The van der Waals surface area contributed by atoms with Gasteiger partial charge >= 0.3 is 0 Å². The summed E-state index contributed by atoms with van der Waals surface area (Å²) in [6.45, 7) is 3.99. The molecule has 0 radical (unpaired) electrons. The zero-order chi connectivity index (χ0) is 23.8. The number of halogens is 3. The molecule has 0 aliphatic carbocycles. The Kier molecular flexibility index (Phi) is 5.99. The molecule has 0 saturated carbocycles. The molecule has 1 unspecified atom stereocenters. The van der Waals surface area contributed by atoms with Gasteiger partial charge in [0, 0.05) is 37.5 Å². The third-order valence-electron chi connectivity index (χ3n) is 5.47. The van der Waals surface area contributed by atoms with Crippen molar-refractivity contribution in [2.45, 2.75) is 19.3 Å². The topological polar surface area (TPSA) is 85.8 Å². The van der Waals surface area contributed by atoms with Crippen molar-refractivity contribution in [3.05, 3.63) is 88.1 Å². The van der Waals surface area contributed by atoms with E-state index in [9.17, 15) is 13.6 Å². The van der Waals surface area contributed by atoms with Crippen molar-refractivity contribution < 1.29 is 18.1 Å². The van der Waals surface area contributed by atoms with Crippen LogP contribution >= 0.6 is 11.6 Å². The van der Waals surface area contributed by atoms with Crippen LogP contribution < -0.4 is 5.32 Å². The summed E-state index contributed by atoms with van der Waals surface area (Å²) in [5.74, 6) is -2.04. The minimum absolute atomic E-state index is 0.00176. The fourth-order valence-electron chi connectivity index (χ4n) is 3.64. The fourth-order valence-corrected chi connectivity index (χ4v) is 3.79. The molecule has 4 aromatic rings. The summed E-state index contributed by atoms with van der Waals surface area (Å²) in [6, 6.07) is 7.92. The highest BCUT2D eigenvalue weighted by Gasteiger charge is 2.34. The van der Waals surface area contributed by atoms with Gasteiger partial charge in [0.05, 0.1) is 22.9 Å². The van der Waals surface area contributed by atoms with Crippen LogP contribution in [0.1, 0.15) is 34.2 Å². The van der Waals surface area contributed by atoms with E-state index in [2.05, 4.69) is 20.6 Å². The number of amides is 1. The van der Waals surface area contributed by atoms with E-state index in [0.29, 0.717) is 10.8 Å². The van der Waals surface area contributed by atoms with Gasteiger partial charge in [-0.15, -0.1) is 0 Å². The predicted octanol–water partition coefficient (Wildman–Crippen LogP) is 4.45. The molecule has 3 heterocycles. The van der Waals surface area contributed by atoms with Crippen molar-refractivity contribution in [1.82, 2.24) is 25.2 Å². The summed E-state index contributed by atoms with van der Waals surface area (Å²) in [6.07, 6.45) is 3.55. The maximum absolute atomic E-state index is 14.0. The maximum atomic E-state index is 14.0. The molecule has 4 rings (SSSR count). The number of benzene rings is 1. The van der Waals surface area contributed by atoms with Gasteiger partial charge < -0.3 is 9.84 Å². The Bertz CT molecular complexity index is 1340. The Balaban J connectivity index is 1.61. The largest absolute Gasteiger partial charge is 0.355 e. The predicted molar refractivity (Wildman–Crippen MR) is 118 cm³/mol. The average Bonchev–Trinajstić information content (AvgIpc) is 3.43. The average molecular weight is 472 g/mol. The minimum Gasteiger partial charge on any atom is -0.355 e. The lowest BCUT2D eigenvalue weighted by molar-refractivity contribution is 0.0938. The molecule has 7 nitrogen and oxygen atoms in total. The van der Waals surface area contributed by atoms with Crippen LogP contribution in [0.4, 0.5) is 8.78 Å². The van der Waals surface area contributed by atoms with Crippen molar-refractivity contribution in [3.8, 4) is 11.3 Å². The number of rotatable bonds is 6. The van der Waals surface area contributed by atoms with Crippen LogP contribution in [0.15, 0.2) is 53.3 Å². The highest BCUT2D eigenvalue weighted by atomic mass is 35.5. The van der Waals surface area contributed by atoms with Crippen LogP contribution in [0.5, 0.6) is 0 Å². The maximum Gasteiger partial charge on any atom is 0.273 e. The van der Waals surface area contributed by atoms with Crippen molar-refractivity contribution in [1.29, 1.82) is 0 Å². The SMILES string of the molecule is Cc1ccc(Cl)nc1C(C)(CNC(=O)c1cc(-c2ccc(F)cc2F)on1)c1cnn(C)c1. The molecule has 0 fully saturated rings. The zero-order valence-corrected chi connectivity index (χ0v) is 18.8. The Morgan fingerprint density at radius 1 is 1.24 bits per heavy atom. The fraction of sp³-hybridized carbons (Fsp3) is 0.217. The van der Waals surface area contributed by atoms with E-state index in [0.717, 1.165) is 23.3 Å². The first-order valence-corrected chi connectivity index (χ1v) is 10.4. The summed E-state index contributed by atoms with van der Waals surface area (Å²) < 4.78 is 34.0. The van der Waals surface area contributed by atoms with Gasteiger partial charge in [-0.2, -0.15) is 5.10 Å². The van der Waals surface area contributed by atoms with E-state index in [4.69, 9.17) is 16.1 Å². The molecule has 1 N–H and O–H groups in total. The van der Waals surface area contributed by atoms with Gasteiger partial charge in [0.1, 0.15) is 16.8 Å². The third kappa shape index (κ3) is 4.49. The first-order valence-electron chi connectivity index (χ1n) is 10.0. The Morgan fingerprint density at radius 2 is 2.03 bits per heavy atom. The van der Waals surface area contributed by atoms with Crippen LogP contribution in [0, 0.1) is 18.6 Å². The number of nitrogens with one attached hydrogen (secondary N) is 1. The van der Waals surface area contributed by atoms with Gasteiger partial charge in [0.2, 0.25) is 0 Å². The van der Waals surface area contributed by atoms with Gasteiger partial charge in [-0.3, -0.25) is 9.48 Å². The number of carbonyl (C=O) groups excluding carboxylic acids is 1. The van der Waals surface area contributed by atoms with Gasteiger partial charge in [-0.05, 0) is 37.6 Å². The molecule has 1 amide bonds. The normalized spacial score (nSPS) is 13.0. The van der Waals surface area contributed by atoms with E-state index < -0.39 is 23.0 Å². The van der Waals surface area contributed by atoms with Crippen molar-refractivity contribution in [2.24, 2.45) is 7.05 Å². The van der Waals surface area contributed by atoms with Gasteiger partial charge in [0.15, 0.2) is 11.5 Å². The number of aryl methyl sites for hydroxylation is 2. The molecule has 0 spiro atoms. The Hall–Kier alpha value is -3.59. The molecule has 10 heteroatoms. The second-order valence-corrected chi connectivity index (χ2v) is 8.30. The van der Waals surface area contributed by atoms with Crippen LogP contribution in [0.25, 0.3) is 11.3 Å². The van der Waals surface area contributed by atoms with Crippen molar-refractivity contribution in [3.63, 3.8) is 0 Å². The van der Waals surface area contributed by atoms with E-state index >= 15 is 0 Å². The molecule has 170 valence electrons. The van der Waals surface area contributed by atoms with Crippen LogP contribution in [0.2, 0.25) is 5.15 Å². The third-order valence-corrected chi connectivity index (χ3v) is 5.68. The highest BCUT2D eigenvalue weighted by Crippen LogP contribution is 2.33. The number of carbonyl (C=O) groups is 1. The number of hydrogen-bond donors (Lipinski definition) is 1. The Morgan fingerprint density at radius 3 is 2.73 bits per heavy atom. The van der Waals surface area contributed by atoms with Crippen molar-refractivity contribution >= 4 is 17.5 Å². The van der Waals surface area contributed by atoms with Gasteiger partial charge in [-0.25, -0.2) is 13.8 Å². The molecule has 0 aliphatic heterocycles. The van der Waals surface area contributed by atoms with E-state index in [1.54, 1.807) is 24.0 Å². The molecule has 0 aliphatic rings. The van der Waals surface area contributed by atoms with E-state index in [1.165, 1.54) is 12.1 Å². The molecule has 0 saturated heterocycles. The lowest BCUT2D eigenvalue weighted by Gasteiger charge is -2.30. The smallest absolute Gasteiger partial charge is 0.273 e. The molecule has 3 aromatic heterocycles. The molecule has 1 aromatic carbocycles. The lowest BCUT2D eigenvalue weighted by atomic mass is 9.79. The molecule has 33 heavy (non-hydrogen) atoms. The highest BCUT2D eigenvalue weighted by molar-refractivity contribution is 6.29.